The zero-order valence-corrected chi connectivity index (χ0v) is 10.3. The van der Waals surface area contributed by atoms with Gasteiger partial charge in [0.05, 0.1) is 6.61 Å². The third kappa shape index (κ3) is 4.36. The van der Waals surface area contributed by atoms with Crippen molar-refractivity contribution in [3.63, 3.8) is 0 Å². The quantitative estimate of drug-likeness (QED) is 0.742. The molecule has 0 bridgehead atoms. The summed E-state index contributed by atoms with van der Waals surface area (Å²) >= 11 is 0. The van der Waals surface area contributed by atoms with Crippen LogP contribution in [0.2, 0.25) is 0 Å². The van der Waals surface area contributed by atoms with Crippen molar-refractivity contribution in [1.82, 2.24) is 4.90 Å². The van der Waals surface area contributed by atoms with Crippen molar-refractivity contribution in [2.75, 3.05) is 20.3 Å². The van der Waals surface area contributed by atoms with Crippen LogP contribution in [0.1, 0.15) is 26.2 Å². The highest BCUT2D eigenvalue weighted by atomic mass is 35.5. The standard InChI is InChI=1S/C10H20N2O2.ClH/c1-3-6-12(8-4-5-8)10(13)9(11)7-14-2;/h8-9H,3-7,11H2,1-2H3;1H. The highest BCUT2D eigenvalue weighted by molar-refractivity contribution is 5.85. The van der Waals surface area contributed by atoms with Crippen LogP contribution in [0.4, 0.5) is 0 Å². The first-order valence-corrected chi connectivity index (χ1v) is 5.25. The summed E-state index contributed by atoms with van der Waals surface area (Å²) in [7, 11) is 1.56. The van der Waals surface area contributed by atoms with E-state index >= 15 is 0 Å². The van der Waals surface area contributed by atoms with E-state index < -0.39 is 6.04 Å². The van der Waals surface area contributed by atoms with Gasteiger partial charge in [-0.1, -0.05) is 6.92 Å². The van der Waals surface area contributed by atoms with Crippen LogP contribution in [0.15, 0.2) is 0 Å². The summed E-state index contributed by atoms with van der Waals surface area (Å²) in [6.45, 7) is 3.21. The number of hydrogen-bond acceptors (Lipinski definition) is 3. The average molecular weight is 237 g/mol. The summed E-state index contributed by atoms with van der Waals surface area (Å²) in [5.74, 6) is 0.0381. The van der Waals surface area contributed by atoms with Crippen molar-refractivity contribution >= 4 is 18.3 Å². The van der Waals surface area contributed by atoms with Gasteiger partial charge in [0.15, 0.2) is 0 Å². The third-order valence-corrected chi connectivity index (χ3v) is 2.40. The van der Waals surface area contributed by atoms with Crippen molar-refractivity contribution in [3.8, 4) is 0 Å². The highest BCUT2D eigenvalue weighted by Crippen LogP contribution is 2.27. The van der Waals surface area contributed by atoms with Gasteiger partial charge in [-0.25, -0.2) is 0 Å². The number of halogens is 1. The lowest BCUT2D eigenvalue weighted by molar-refractivity contribution is -0.134. The number of methoxy groups -OCH3 is 1. The maximum atomic E-state index is 11.8. The molecule has 1 aliphatic rings. The SMILES string of the molecule is CCCN(C(=O)C(N)COC)C1CC1.Cl. The maximum Gasteiger partial charge on any atom is 0.242 e. The van der Waals surface area contributed by atoms with Gasteiger partial charge >= 0.3 is 0 Å². The van der Waals surface area contributed by atoms with Crippen LogP contribution in [-0.2, 0) is 9.53 Å². The first kappa shape index (κ1) is 14.7. The van der Waals surface area contributed by atoms with E-state index in [0.29, 0.717) is 12.6 Å². The normalized spacial score (nSPS) is 16.7. The summed E-state index contributed by atoms with van der Waals surface area (Å²) in [5.41, 5.74) is 5.71. The first-order valence-electron chi connectivity index (χ1n) is 5.25. The Hall–Kier alpha value is -0.320. The zero-order chi connectivity index (χ0) is 10.6. The number of nitrogens with two attached hydrogens (primary N) is 1. The van der Waals surface area contributed by atoms with Crippen LogP contribution >= 0.6 is 12.4 Å². The van der Waals surface area contributed by atoms with Gasteiger partial charge in [-0.2, -0.15) is 0 Å². The first-order chi connectivity index (χ1) is 6.70. The van der Waals surface area contributed by atoms with E-state index in [-0.39, 0.29) is 18.3 Å². The van der Waals surface area contributed by atoms with E-state index in [2.05, 4.69) is 6.92 Å². The van der Waals surface area contributed by atoms with Gasteiger partial charge in [-0.15, -0.1) is 12.4 Å². The average Bonchev–Trinajstić information content (AvgIpc) is 2.97. The number of amides is 1. The molecule has 1 rings (SSSR count). The van der Waals surface area contributed by atoms with Crippen LogP contribution < -0.4 is 5.73 Å². The molecule has 0 heterocycles. The predicted octanol–water partition coefficient (Wildman–Crippen LogP) is 0.783. The molecule has 0 saturated heterocycles. The molecule has 1 amide bonds. The summed E-state index contributed by atoms with van der Waals surface area (Å²) < 4.78 is 4.88. The summed E-state index contributed by atoms with van der Waals surface area (Å²) in [6, 6.07) is -0.0440. The van der Waals surface area contributed by atoms with E-state index in [1.165, 1.54) is 0 Å². The molecule has 0 radical (unpaired) electrons. The molecular weight excluding hydrogens is 216 g/mol. The lowest BCUT2D eigenvalue weighted by atomic mass is 10.2. The fourth-order valence-electron chi connectivity index (χ4n) is 1.56. The second-order valence-electron chi connectivity index (χ2n) is 3.82. The smallest absolute Gasteiger partial charge is 0.242 e. The largest absolute Gasteiger partial charge is 0.383 e. The number of hydrogen-bond donors (Lipinski definition) is 1. The molecule has 0 aromatic carbocycles. The minimum atomic E-state index is -0.493. The van der Waals surface area contributed by atoms with Gasteiger partial charge in [0.1, 0.15) is 6.04 Å². The summed E-state index contributed by atoms with van der Waals surface area (Å²) in [6.07, 6.45) is 3.25. The highest BCUT2D eigenvalue weighted by Gasteiger charge is 2.33. The molecule has 4 nitrogen and oxygen atoms in total. The molecule has 1 atom stereocenters. The van der Waals surface area contributed by atoms with E-state index in [4.69, 9.17) is 10.5 Å². The van der Waals surface area contributed by atoms with Gasteiger partial charge in [0, 0.05) is 19.7 Å². The Balaban J connectivity index is 0.00000196. The molecule has 5 heteroatoms. The molecule has 1 aliphatic carbocycles. The molecule has 1 fully saturated rings. The lowest BCUT2D eigenvalue weighted by Crippen LogP contribution is -2.47. The third-order valence-electron chi connectivity index (χ3n) is 2.40. The van der Waals surface area contributed by atoms with Crippen molar-refractivity contribution < 1.29 is 9.53 Å². The molecule has 0 spiro atoms. The van der Waals surface area contributed by atoms with Gasteiger partial charge in [-0.05, 0) is 19.3 Å². The molecule has 0 aromatic heterocycles. The topological polar surface area (TPSA) is 55.6 Å². The lowest BCUT2D eigenvalue weighted by Gasteiger charge is -2.24. The van der Waals surface area contributed by atoms with E-state index in [1.54, 1.807) is 7.11 Å². The minimum Gasteiger partial charge on any atom is -0.383 e. The second kappa shape index (κ2) is 7.04. The van der Waals surface area contributed by atoms with Gasteiger partial charge in [0.2, 0.25) is 5.91 Å². The minimum absolute atomic E-state index is 0. The van der Waals surface area contributed by atoms with Gasteiger partial charge in [-0.3, -0.25) is 4.79 Å². The molecule has 0 aliphatic heterocycles. The fourth-order valence-corrected chi connectivity index (χ4v) is 1.56. The van der Waals surface area contributed by atoms with Crippen LogP contribution in [0, 0.1) is 0 Å². The Morgan fingerprint density at radius 2 is 2.20 bits per heavy atom. The monoisotopic (exact) mass is 236 g/mol. The van der Waals surface area contributed by atoms with Gasteiger partial charge in [0.25, 0.3) is 0 Å². The number of carbonyl (C=O) groups excluding carboxylic acids is 1. The van der Waals surface area contributed by atoms with Crippen molar-refractivity contribution in [1.29, 1.82) is 0 Å². The molecule has 90 valence electrons. The summed E-state index contributed by atoms with van der Waals surface area (Å²) in [5, 5.41) is 0. The number of rotatable bonds is 6. The number of nitrogens with zero attached hydrogens (tertiary/aromatic N) is 1. The molecule has 1 saturated carbocycles. The number of ether oxygens (including phenoxy) is 1. The maximum absolute atomic E-state index is 11.8. The molecule has 0 aromatic rings. The Morgan fingerprint density at radius 3 is 2.60 bits per heavy atom. The van der Waals surface area contributed by atoms with Crippen LogP contribution in [0.3, 0.4) is 0 Å². The van der Waals surface area contributed by atoms with Crippen molar-refractivity contribution in [2.24, 2.45) is 5.73 Å². The fraction of sp³-hybridized carbons (Fsp3) is 0.900. The Morgan fingerprint density at radius 1 is 1.60 bits per heavy atom. The molecular formula is C10H21ClN2O2. The zero-order valence-electron chi connectivity index (χ0n) is 9.44. The predicted molar refractivity (Wildman–Crippen MR) is 62.1 cm³/mol. The molecule has 15 heavy (non-hydrogen) atoms. The van der Waals surface area contributed by atoms with Gasteiger partial charge < -0.3 is 15.4 Å². The van der Waals surface area contributed by atoms with E-state index in [9.17, 15) is 4.79 Å². The Bertz CT molecular complexity index is 198. The van der Waals surface area contributed by atoms with Crippen molar-refractivity contribution in [3.05, 3.63) is 0 Å². The molecule has 2 N–H and O–H groups in total. The van der Waals surface area contributed by atoms with E-state index in [1.807, 2.05) is 4.90 Å². The second-order valence-corrected chi connectivity index (χ2v) is 3.82. The Labute approximate surface area is 97.5 Å². The van der Waals surface area contributed by atoms with Crippen molar-refractivity contribution in [2.45, 2.75) is 38.3 Å². The molecule has 1 unspecified atom stereocenters. The van der Waals surface area contributed by atoms with Crippen LogP contribution in [-0.4, -0.2) is 43.2 Å². The van der Waals surface area contributed by atoms with Crippen LogP contribution in [0.5, 0.6) is 0 Å². The Kier molecular flexibility index (Phi) is 6.89. The number of carbonyl (C=O) groups is 1. The van der Waals surface area contributed by atoms with Crippen LogP contribution in [0.25, 0.3) is 0 Å². The van der Waals surface area contributed by atoms with E-state index in [0.717, 1.165) is 25.8 Å². The summed E-state index contributed by atoms with van der Waals surface area (Å²) in [4.78, 5) is 13.7.